The van der Waals surface area contributed by atoms with Gasteiger partial charge in [-0.3, -0.25) is 9.11 Å². The second-order valence-corrected chi connectivity index (χ2v) is 6.20. The van der Waals surface area contributed by atoms with E-state index >= 15 is 0 Å². The molecule has 0 saturated heterocycles. The molecule has 0 heterocycles. The molecule has 0 spiro atoms. The van der Waals surface area contributed by atoms with E-state index in [2.05, 4.69) is 0 Å². The van der Waals surface area contributed by atoms with Crippen molar-refractivity contribution in [2.24, 2.45) is 0 Å². The number of benzene rings is 2. The molecule has 0 aliphatic carbocycles. The van der Waals surface area contributed by atoms with Gasteiger partial charge in [0, 0.05) is 0 Å². The molecule has 0 bridgehead atoms. The van der Waals surface area contributed by atoms with E-state index in [1.165, 1.54) is 0 Å². The average Bonchev–Trinajstić information content (AvgIpc) is 2.41. The lowest BCUT2D eigenvalue weighted by molar-refractivity contribution is 0.381. The van der Waals surface area contributed by atoms with Crippen LogP contribution in [0.25, 0.3) is 0 Å². The van der Waals surface area contributed by atoms with Crippen LogP contribution in [0.15, 0.2) is 36.4 Å². The number of rotatable bonds is 0. The largest absolute Gasteiger partial charge is 0.397 e. The summed E-state index contributed by atoms with van der Waals surface area (Å²) >= 11 is 22.4. The number of halogens is 4. The molecule has 0 saturated carbocycles. The molecule has 6 nitrogen and oxygen atoms in total. The molecular formula is C12H12Cl4N2O4S. The third-order valence-electron chi connectivity index (χ3n) is 1.96. The van der Waals surface area contributed by atoms with Gasteiger partial charge in [0.25, 0.3) is 0 Å². The van der Waals surface area contributed by atoms with Crippen molar-refractivity contribution in [2.45, 2.75) is 0 Å². The number of nitrogens with two attached hydrogens (primary N) is 2. The quantitative estimate of drug-likeness (QED) is 0.366. The summed E-state index contributed by atoms with van der Waals surface area (Å²) in [6, 6.07) is 10.3. The van der Waals surface area contributed by atoms with Crippen LogP contribution in [-0.2, 0) is 10.4 Å². The van der Waals surface area contributed by atoms with Crippen LogP contribution in [0.3, 0.4) is 0 Å². The lowest BCUT2D eigenvalue weighted by atomic mass is 10.3. The van der Waals surface area contributed by atoms with Crippen LogP contribution in [0, 0.1) is 0 Å². The van der Waals surface area contributed by atoms with Crippen LogP contribution in [-0.4, -0.2) is 17.5 Å². The van der Waals surface area contributed by atoms with Crippen LogP contribution >= 0.6 is 46.4 Å². The Labute approximate surface area is 153 Å². The number of anilines is 2. The van der Waals surface area contributed by atoms with E-state index in [1.54, 1.807) is 36.4 Å². The fourth-order valence-electron chi connectivity index (χ4n) is 1.04. The predicted octanol–water partition coefficient (Wildman–Crippen LogP) is 4.50. The summed E-state index contributed by atoms with van der Waals surface area (Å²) in [4.78, 5) is 0. The molecule has 0 aliphatic rings. The first-order valence-electron chi connectivity index (χ1n) is 5.52. The van der Waals surface area contributed by atoms with Crippen molar-refractivity contribution in [3.05, 3.63) is 56.5 Å². The Hall–Kier alpha value is -0.930. The van der Waals surface area contributed by atoms with Crippen molar-refractivity contribution >= 4 is 68.2 Å². The summed E-state index contributed by atoms with van der Waals surface area (Å²) in [5.41, 5.74) is 11.8. The van der Waals surface area contributed by atoms with Crippen LogP contribution in [0.1, 0.15) is 0 Å². The minimum Gasteiger partial charge on any atom is -0.397 e. The lowest BCUT2D eigenvalue weighted by Crippen LogP contribution is -1.89. The van der Waals surface area contributed by atoms with Gasteiger partial charge < -0.3 is 11.5 Å². The van der Waals surface area contributed by atoms with Crippen molar-refractivity contribution in [1.29, 1.82) is 0 Å². The van der Waals surface area contributed by atoms with Crippen molar-refractivity contribution in [3.8, 4) is 0 Å². The standard InChI is InChI=1S/2C6H5Cl2N.H2O4S/c2*7-4-2-1-3-5(9)6(4)8;1-5(2,3)4/h2*1-3H,9H2;(H2,1,2,3,4). The summed E-state index contributed by atoms with van der Waals surface area (Å²) in [6.45, 7) is 0. The van der Waals surface area contributed by atoms with E-state index in [4.69, 9.17) is 75.4 Å². The molecular weight excluding hydrogens is 410 g/mol. The fraction of sp³-hybridized carbons (Fsp3) is 0. The normalized spacial score (nSPS) is 10.0. The Balaban J connectivity index is 0.000000332. The second-order valence-electron chi connectivity index (χ2n) is 3.73. The van der Waals surface area contributed by atoms with Gasteiger partial charge in [-0.2, -0.15) is 8.42 Å². The lowest BCUT2D eigenvalue weighted by Gasteiger charge is -1.96. The fourth-order valence-corrected chi connectivity index (χ4v) is 1.66. The monoisotopic (exact) mass is 420 g/mol. The number of hydrogen-bond donors (Lipinski definition) is 4. The van der Waals surface area contributed by atoms with Gasteiger partial charge in [0.1, 0.15) is 0 Å². The minimum absolute atomic E-state index is 0.430. The smallest absolute Gasteiger partial charge is 0.394 e. The molecule has 0 aromatic heterocycles. The van der Waals surface area contributed by atoms with E-state index in [0.717, 1.165) is 0 Å². The SMILES string of the molecule is Nc1cccc(Cl)c1Cl.Nc1cccc(Cl)c1Cl.O=S(=O)(O)O. The number of hydrogen-bond acceptors (Lipinski definition) is 4. The molecule has 11 heteroatoms. The molecule has 0 amide bonds. The highest BCUT2D eigenvalue weighted by Crippen LogP contribution is 2.27. The van der Waals surface area contributed by atoms with Gasteiger partial charge in [-0.15, -0.1) is 0 Å². The third-order valence-corrected chi connectivity index (χ3v) is 3.63. The summed E-state index contributed by atoms with van der Waals surface area (Å²) < 4.78 is 31.6. The molecule has 2 rings (SSSR count). The maximum Gasteiger partial charge on any atom is 0.394 e. The van der Waals surface area contributed by atoms with Crippen molar-refractivity contribution in [1.82, 2.24) is 0 Å². The third kappa shape index (κ3) is 10.5. The molecule has 0 aliphatic heterocycles. The first-order chi connectivity index (χ1) is 10.4. The van der Waals surface area contributed by atoms with Crippen molar-refractivity contribution in [2.75, 3.05) is 11.5 Å². The van der Waals surface area contributed by atoms with Gasteiger partial charge in [-0.1, -0.05) is 58.5 Å². The Kier molecular flexibility index (Phi) is 9.64. The zero-order chi connectivity index (χ0) is 18.2. The van der Waals surface area contributed by atoms with E-state index < -0.39 is 10.4 Å². The van der Waals surface area contributed by atoms with E-state index in [1.807, 2.05) is 0 Å². The Morgan fingerprint density at radius 1 is 0.739 bits per heavy atom. The van der Waals surface area contributed by atoms with Gasteiger partial charge in [0.05, 0.1) is 31.5 Å². The maximum atomic E-state index is 8.74. The summed E-state index contributed by atoms with van der Waals surface area (Å²) in [5.74, 6) is 0. The van der Waals surface area contributed by atoms with Gasteiger partial charge in [0.15, 0.2) is 0 Å². The second kappa shape index (κ2) is 10.0. The summed E-state index contributed by atoms with van der Waals surface area (Å²) in [6.07, 6.45) is 0. The van der Waals surface area contributed by atoms with Gasteiger partial charge >= 0.3 is 10.4 Å². The number of nitrogen functional groups attached to an aromatic ring is 2. The molecule has 0 fully saturated rings. The highest BCUT2D eigenvalue weighted by molar-refractivity contribution is 7.79. The van der Waals surface area contributed by atoms with E-state index in [9.17, 15) is 0 Å². The molecule has 0 radical (unpaired) electrons. The zero-order valence-electron chi connectivity index (χ0n) is 11.2. The van der Waals surface area contributed by atoms with Gasteiger partial charge in [-0.05, 0) is 24.3 Å². The predicted molar refractivity (Wildman–Crippen MR) is 95.9 cm³/mol. The Morgan fingerprint density at radius 3 is 1.17 bits per heavy atom. The summed E-state index contributed by atoms with van der Waals surface area (Å²) in [5, 5.41) is 1.85. The highest BCUT2D eigenvalue weighted by atomic mass is 35.5. The van der Waals surface area contributed by atoms with Crippen molar-refractivity contribution in [3.63, 3.8) is 0 Å². The molecule has 6 N–H and O–H groups in total. The van der Waals surface area contributed by atoms with E-state index in [-0.39, 0.29) is 0 Å². The molecule has 0 unspecified atom stereocenters. The van der Waals surface area contributed by atoms with Gasteiger partial charge in [-0.25, -0.2) is 0 Å². The minimum atomic E-state index is -4.67. The Morgan fingerprint density at radius 2 is 1.00 bits per heavy atom. The first kappa shape index (κ1) is 22.1. The molecule has 2 aromatic carbocycles. The first-order valence-corrected chi connectivity index (χ1v) is 8.43. The van der Waals surface area contributed by atoms with Crippen molar-refractivity contribution < 1.29 is 17.5 Å². The highest BCUT2D eigenvalue weighted by Gasteiger charge is 1.98. The molecule has 128 valence electrons. The molecule has 0 atom stereocenters. The zero-order valence-corrected chi connectivity index (χ0v) is 15.1. The van der Waals surface area contributed by atoms with Crippen LogP contribution < -0.4 is 11.5 Å². The van der Waals surface area contributed by atoms with Gasteiger partial charge in [0.2, 0.25) is 0 Å². The maximum absolute atomic E-state index is 8.74. The molecule has 23 heavy (non-hydrogen) atoms. The summed E-state index contributed by atoms with van der Waals surface area (Å²) in [7, 11) is -4.67. The molecule has 2 aromatic rings. The van der Waals surface area contributed by atoms with E-state index in [0.29, 0.717) is 31.5 Å². The van der Waals surface area contributed by atoms with Crippen LogP contribution in [0.2, 0.25) is 20.1 Å². The Bertz CT molecular complexity index is 659. The topological polar surface area (TPSA) is 127 Å². The average molecular weight is 422 g/mol. The van der Waals surface area contributed by atoms with Crippen LogP contribution in [0.5, 0.6) is 0 Å². The van der Waals surface area contributed by atoms with Crippen LogP contribution in [0.4, 0.5) is 11.4 Å².